The highest BCUT2D eigenvalue weighted by Crippen LogP contribution is 2.29. The molecule has 1 aromatic carbocycles. The molecule has 0 bridgehead atoms. The summed E-state index contributed by atoms with van der Waals surface area (Å²) in [5.41, 5.74) is 1.54. The highest BCUT2D eigenvalue weighted by molar-refractivity contribution is 7.18. The lowest BCUT2D eigenvalue weighted by Gasteiger charge is -2.14. The number of carbonyl (C=O) groups is 1. The fraction of sp³-hybridized carbons (Fsp3) is 0.158. The number of anilines is 3. The average molecular weight is 378 g/mol. The molecule has 3 heterocycles. The van der Waals surface area contributed by atoms with E-state index in [4.69, 9.17) is 0 Å². The molecular formula is C19H18N6OS. The van der Waals surface area contributed by atoms with Gasteiger partial charge < -0.3 is 10.6 Å². The molecule has 0 aliphatic rings. The Hall–Kier alpha value is -3.26. The molecule has 0 saturated carbocycles. The van der Waals surface area contributed by atoms with E-state index in [0.29, 0.717) is 5.69 Å². The van der Waals surface area contributed by atoms with Gasteiger partial charge in [0, 0.05) is 28.6 Å². The number of rotatable bonds is 5. The number of thiophene rings is 1. The van der Waals surface area contributed by atoms with Crippen LogP contribution in [0.15, 0.2) is 55.1 Å². The summed E-state index contributed by atoms with van der Waals surface area (Å²) < 4.78 is 1.62. The molecule has 0 spiro atoms. The van der Waals surface area contributed by atoms with Crippen LogP contribution in [-0.4, -0.2) is 25.7 Å². The Balaban J connectivity index is 1.53. The Bertz CT molecular complexity index is 1090. The molecule has 2 N–H and O–H groups in total. The lowest BCUT2D eigenvalue weighted by atomic mass is 10.2. The zero-order chi connectivity index (χ0) is 18.8. The Labute approximate surface area is 160 Å². The topological polar surface area (TPSA) is 84.7 Å². The molecule has 8 heteroatoms. The maximum atomic E-state index is 12.4. The van der Waals surface area contributed by atoms with Crippen molar-refractivity contribution >= 4 is 44.7 Å². The minimum absolute atomic E-state index is 0.131. The zero-order valence-electron chi connectivity index (χ0n) is 14.9. The summed E-state index contributed by atoms with van der Waals surface area (Å²) in [6.45, 7) is 3.86. The number of carbonyl (C=O) groups excluding carboxylic acids is 1. The van der Waals surface area contributed by atoms with Gasteiger partial charge in [-0.2, -0.15) is 5.10 Å². The van der Waals surface area contributed by atoms with Gasteiger partial charge >= 0.3 is 0 Å². The summed E-state index contributed by atoms with van der Waals surface area (Å²) in [5, 5.41) is 11.3. The molecule has 3 aromatic heterocycles. The zero-order valence-corrected chi connectivity index (χ0v) is 15.7. The van der Waals surface area contributed by atoms with Crippen LogP contribution in [0.4, 0.5) is 17.2 Å². The highest BCUT2D eigenvalue weighted by atomic mass is 32.1. The van der Waals surface area contributed by atoms with Gasteiger partial charge in [0.1, 0.15) is 23.0 Å². The van der Waals surface area contributed by atoms with Gasteiger partial charge in [-0.1, -0.05) is 6.07 Å². The Kier molecular flexibility index (Phi) is 4.55. The summed E-state index contributed by atoms with van der Waals surface area (Å²) in [6.07, 6.45) is 4.98. The number of nitrogens with zero attached hydrogens (tertiary/aromatic N) is 4. The van der Waals surface area contributed by atoms with Crippen LogP contribution in [0.3, 0.4) is 0 Å². The number of aryl methyl sites for hydroxylation is 1. The van der Waals surface area contributed by atoms with Crippen LogP contribution in [-0.2, 0) is 4.79 Å². The summed E-state index contributed by atoms with van der Waals surface area (Å²) in [7, 11) is 0. The monoisotopic (exact) mass is 378 g/mol. The predicted octanol–water partition coefficient (Wildman–Crippen LogP) is 4.14. The van der Waals surface area contributed by atoms with Crippen LogP contribution in [0.5, 0.6) is 0 Å². The van der Waals surface area contributed by atoms with E-state index >= 15 is 0 Å². The second-order valence-electron chi connectivity index (χ2n) is 6.16. The quantitative estimate of drug-likeness (QED) is 0.545. The van der Waals surface area contributed by atoms with E-state index in [-0.39, 0.29) is 5.91 Å². The molecule has 0 radical (unpaired) electrons. The van der Waals surface area contributed by atoms with Gasteiger partial charge in [-0.15, -0.1) is 11.3 Å². The second-order valence-corrected chi connectivity index (χ2v) is 7.39. The fourth-order valence-corrected chi connectivity index (χ4v) is 3.61. The first-order valence-electron chi connectivity index (χ1n) is 8.48. The minimum atomic E-state index is -0.396. The van der Waals surface area contributed by atoms with Crippen molar-refractivity contribution in [3.63, 3.8) is 0 Å². The van der Waals surface area contributed by atoms with Crippen molar-refractivity contribution in [2.24, 2.45) is 0 Å². The van der Waals surface area contributed by atoms with Gasteiger partial charge in [0.2, 0.25) is 5.91 Å². The van der Waals surface area contributed by atoms with E-state index in [1.807, 2.05) is 31.2 Å². The Morgan fingerprint density at radius 3 is 2.85 bits per heavy atom. The van der Waals surface area contributed by atoms with Gasteiger partial charge in [0.25, 0.3) is 0 Å². The first-order valence-corrected chi connectivity index (χ1v) is 9.30. The number of hydrogen-bond donors (Lipinski definition) is 2. The molecule has 1 unspecified atom stereocenters. The van der Waals surface area contributed by atoms with E-state index in [2.05, 4.69) is 31.8 Å². The first kappa shape index (κ1) is 17.2. The first-order chi connectivity index (χ1) is 13.1. The van der Waals surface area contributed by atoms with Crippen molar-refractivity contribution in [2.75, 3.05) is 10.6 Å². The molecular weight excluding hydrogens is 360 g/mol. The van der Waals surface area contributed by atoms with Crippen LogP contribution in [0, 0.1) is 6.92 Å². The second kappa shape index (κ2) is 7.16. The summed E-state index contributed by atoms with van der Waals surface area (Å²) in [6, 6.07) is 11.0. The third-order valence-corrected chi connectivity index (χ3v) is 5.11. The third-order valence-electron chi connectivity index (χ3n) is 4.15. The largest absolute Gasteiger partial charge is 0.340 e. The minimum Gasteiger partial charge on any atom is -0.340 e. The van der Waals surface area contributed by atoms with E-state index in [1.165, 1.54) is 4.88 Å². The van der Waals surface area contributed by atoms with Crippen molar-refractivity contribution < 1.29 is 4.79 Å². The van der Waals surface area contributed by atoms with Gasteiger partial charge in [-0.25, -0.2) is 9.97 Å². The van der Waals surface area contributed by atoms with Crippen LogP contribution in [0.2, 0.25) is 0 Å². The number of amides is 1. The maximum Gasteiger partial charge on any atom is 0.248 e. The molecule has 136 valence electrons. The molecule has 7 nitrogen and oxygen atoms in total. The average Bonchev–Trinajstić information content (AvgIpc) is 3.31. The van der Waals surface area contributed by atoms with Gasteiger partial charge in [-0.05, 0) is 44.2 Å². The molecule has 0 saturated heterocycles. The summed E-state index contributed by atoms with van der Waals surface area (Å²) >= 11 is 1.63. The maximum absolute atomic E-state index is 12.4. The van der Waals surface area contributed by atoms with Crippen molar-refractivity contribution in [2.45, 2.75) is 19.9 Å². The van der Waals surface area contributed by atoms with Crippen molar-refractivity contribution in [1.29, 1.82) is 0 Å². The molecule has 0 aliphatic carbocycles. The number of hydrogen-bond acceptors (Lipinski definition) is 6. The van der Waals surface area contributed by atoms with E-state index in [9.17, 15) is 4.79 Å². The highest BCUT2D eigenvalue weighted by Gasteiger charge is 2.15. The third kappa shape index (κ3) is 3.65. The molecule has 1 atom stereocenters. The van der Waals surface area contributed by atoms with Crippen LogP contribution < -0.4 is 10.6 Å². The molecule has 4 aromatic rings. The van der Waals surface area contributed by atoms with Crippen LogP contribution in [0.1, 0.15) is 17.8 Å². The normalized spacial score (nSPS) is 12.1. The van der Waals surface area contributed by atoms with Crippen LogP contribution >= 0.6 is 11.3 Å². The summed E-state index contributed by atoms with van der Waals surface area (Å²) in [5.74, 6) is 0.617. The van der Waals surface area contributed by atoms with Gasteiger partial charge in [-0.3, -0.25) is 9.48 Å². The standard InChI is InChI=1S/C19H18N6OS/c1-12-9-16-17(20-11-21-19(16)27-12)23-14-5-3-6-15(10-14)24-18(26)13(2)25-8-4-7-22-25/h3-11,13H,1-2H3,(H,24,26)(H,20,21,23). The smallest absolute Gasteiger partial charge is 0.248 e. The van der Waals surface area contributed by atoms with Crippen LogP contribution in [0.25, 0.3) is 10.2 Å². The Morgan fingerprint density at radius 1 is 1.19 bits per heavy atom. The van der Waals surface area contributed by atoms with E-state index in [1.54, 1.807) is 47.7 Å². The molecule has 0 fully saturated rings. The SMILES string of the molecule is Cc1cc2c(Nc3cccc(NC(=O)C(C)n4cccn4)c3)ncnc2s1. The van der Waals surface area contributed by atoms with Crippen molar-refractivity contribution in [3.8, 4) is 0 Å². The lowest BCUT2D eigenvalue weighted by Crippen LogP contribution is -2.23. The predicted molar refractivity (Wildman–Crippen MR) is 107 cm³/mol. The Morgan fingerprint density at radius 2 is 2.04 bits per heavy atom. The molecule has 27 heavy (non-hydrogen) atoms. The van der Waals surface area contributed by atoms with Crippen molar-refractivity contribution in [3.05, 3.63) is 60.0 Å². The number of aromatic nitrogens is 4. The van der Waals surface area contributed by atoms with Gasteiger partial charge in [0.05, 0.1) is 5.39 Å². The van der Waals surface area contributed by atoms with E-state index in [0.717, 1.165) is 21.7 Å². The molecule has 1 amide bonds. The number of fused-ring (bicyclic) bond motifs is 1. The molecule has 4 rings (SSSR count). The lowest BCUT2D eigenvalue weighted by molar-refractivity contribution is -0.119. The summed E-state index contributed by atoms with van der Waals surface area (Å²) in [4.78, 5) is 23.2. The van der Waals surface area contributed by atoms with Gasteiger partial charge in [0.15, 0.2) is 0 Å². The number of benzene rings is 1. The molecule has 0 aliphatic heterocycles. The van der Waals surface area contributed by atoms with E-state index < -0.39 is 6.04 Å². The van der Waals surface area contributed by atoms with Crippen molar-refractivity contribution in [1.82, 2.24) is 19.7 Å². The fourth-order valence-electron chi connectivity index (χ4n) is 2.76. The number of nitrogens with one attached hydrogen (secondary N) is 2.